The normalized spacial score (nSPS) is 12.8. The van der Waals surface area contributed by atoms with Crippen molar-refractivity contribution in [2.75, 3.05) is 7.11 Å². The molecule has 0 spiro atoms. The number of carbonyl (C=O) groups is 1. The van der Waals surface area contributed by atoms with Gasteiger partial charge in [0.05, 0.1) is 6.61 Å². The number of pyridine rings is 1. The van der Waals surface area contributed by atoms with Crippen LogP contribution in [-0.4, -0.2) is 17.9 Å². The monoisotopic (exact) mass is 353 g/mol. The van der Waals surface area contributed by atoms with E-state index in [9.17, 15) is 4.79 Å². The second kappa shape index (κ2) is 9.09. The summed E-state index contributed by atoms with van der Waals surface area (Å²) in [6.45, 7) is 9.00. The van der Waals surface area contributed by atoms with Crippen LogP contribution < -0.4 is 0 Å². The highest BCUT2D eigenvalue weighted by Crippen LogP contribution is 2.29. The Morgan fingerprint density at radius 1 is 1.15 bits per heavy atom. The minimum atomic E-state index is -0.456. The number of nitrogens with zero attached hydrogens (tertiary/aromatic N) is 1. The summed E-state index contributed by atoms with van der Waals surface area (Å²) in [7, 11) is 1.68. The molecule has 2 rings (SSSR count). The maximum Gasteiger partial charge on any atom is 0.142 e. The van der Waals surface area contributed by atoms with Crippen LogP contribution in [0.4, 0.5) is 0 Å². The molecular weight excluding hydrogens is 322 g/mol. The van der Waals surface area contributed by atoms with Gasteiger partial charge in [0.1, 0.15) is 5.78 Å². The van der Waals surface area contributed by atoms with E-state index in [0.29, 0.717) is 24.7 Å². The molecule has 0 saturated carbocycles. The Bertz CT molecular complexity index is 719. The number of benzene rings is 1. The minimum Gasteiger partial charge on any atom is -0.380 e. The van der Waals surface area contributed by atoms with Crippen molar-refractivity contribution in [2.24, 2.45) is 5.92 Å². The first-order chi connectivity index (χ1) is 12.4. The summed E-state index contributed by atoms with van der Waals surface area (Å²) in [5.41, 5.74) is 3.82. The van der Waals surface area contributed by atoms with Gasteiger partial charge in [0.2, 0.25) is 0 Å². The van der Waals surface area contributed by atoms with Crippen LogP contribution in [0.1, 0.15) is 58.1 Å². The molecule has 0 bridgehead atoms. The fraction of sp³-hybridized carbons (Fsp3) is 0.478. The number of hydrogen-bond acceptors (Lipinski definition) is 3. The lowest BCUT2D eigenvalue weighted by Crippen LogP contribution is -2.29. The van der Waals surface area contributed by atoms with Crippen molar-refractivity contribution in [3.05, 3.63) is 53.9 Å². The fourth-order valence-electron chi connectivity index (χ4n) is 3.03. The highest BCUT2D eigenvalue weighted by Gasteiger charge is 2.29. The smallest absolute Gasteiger partial charge is 0.142 e. The van der Waals surface area contributed by atoms with Gasteiger partial charge in [0.15, 0.2) is 0 Å². The number of carbonyl (C=O) groups excluding carboxylic acids is 1. The zero-order valence-corrected chi connectivity index (χ0v) is 16.7. The van der Waals surface area contributed by atoms with E-state index in [4.69, 9.17) is 4.74 Å². The molecular formula is C23H31NO2. The molecule has 0 N–H and O–H groups in total. The number of ether oxygens (including phenoxy) is 1. The first-order valence-electron chi connectivity index (χ1n) is 9.45. The van der Waals surface area contributed by atoms with Crippen molar-refractivity contribution in [1.82, 2.24) is 4.98 Å². The van der Waals surface area contributed by atoms with E-state index in [0.717, 1.165) is 35.1 Å². The Morgan fingerprint density at radius 3 is 2.46 bits per heavy atom. The fourth-order valence-corrected chi connectivity index (χ4v) is 3.03. The van der Waals surface area contributed by atoms with E-state index in [-0.39, 0.29) is 0 Å². The number of ketones is 1. The lowest BCUT2D eigenvalue weighted by Gasteiger charge is -2.24. The molecule has 0 saturated heterocycles. The Balaban J connectivity index is 2.15. The van der Waals surface area contributed by atoms with Gasteiger partial charge < -0.3 is 4.74 Å². The second-order valence-corrected chi connectivity index (χ2v) is 7.69. The summed E-state index contributed by atoms with van der Waals surface area (Å²) in [5.74, 6) is 0.915. The number of methoxy groups -OCH3 is 1. The van der Waals surface area contributed by atoms with Gasteiger partial charge in [-0.15, -0.1) is 0 Å². The summed E-state index contributed by atoms with van der Waals surface area (Å²) >= 11 is 0. The van der Waals surface area contributed by atoms with Crippen LogP contribution in [0, 0.1) is 5.92 Å². The first kappa shape index (κ1) is 20.3. The van der Waals surface area contributed by atoms with Crippen LogP contribution in [0.3, 0.4) is 0 Å². The number of rotatable bonds is 9. The summed E-state index contributed by atoms with van der Waals surface area (Å²) in [6, 6.07) is 10.4. The van der Waals surface area contributed by atoms with Gasteiger partial charge in [-0.1, -0.05) is 44.5 Å². The van der Waals surface area contributed by atoms with Crippen molar-refractivity contribution in [2.45, 2.75) is 59.0 Å². The van der Waals surface area contributed by atoms with Crippen LogP contribution in [-0.2, 0) is 21.6 Å². The number of hydrogen-bond donors (Lipinski definition) is 0. The van der Waals surface area contributed by atoms with Gasteiger partial charge in [-0.3, -0.25) is 9.78 Å². The first-order valence-corrected chi connectivity index (χ1v) is 9.45. The van der Waals surface area contributed by atoms with Crippen molar-refractivity contribution < 1.29 is 9.53 Å². The summed E-state index contributed by atoms with van der Waals surface area (Å²) in [6.07, 6.45) is 6.41. The summed E-state index contributed by atoms with van der Waals surface area (Å²) in [5, 5.41) is 0. The molecule has 0 aliphatic heterocycles. The largest absolute Gasteiger partial charge is 0.380 e. The zero-order chi connectivity index (χ0) is 19.2. The SMILES string of the molecule is CCC(C)CCC(=O)C(C)(C)c1ccc(-c2cncc(COC)c2)cc1. The molecule has 0 fully saturated rings. The summed E-state index contributed by atoms with van der Waals surface area (Å²) < 4.78 is 5.18. The summed E-state index contributed by atoms with van der Waals surface area (Å²) in [4.78, 5) is 17.0. The standard InChI is InChI=1S/C23H31NO2/c1-6-17(2)7-12-22(25)23(3,4)21-10-8-19(9-11-21)20-13-18(16-26-5)14-24-15-20/h8-11,13-15,17H,6-7,12,16H2,1-5H3. The van der Waals surface area contributed by atoms with Crippen molar-refractivity contribution in [1.29, 1.82) is 0 Å². The van der Waals surface area contributed by atoms with Gasteiger partial charge in [-0.2, -0.15) is 0 Å². The predicted octanol–water partition coefficient (Wildman–Crippen LogP) is 5.57. The average Bonchev–Trinajstić information content (AvgIpc) is 2.66. The van der Waals surface area contributed by atoms with E-state index in [1.54, 1.807) is 7.11 Å². The average molecular weight is 354 g/mol. The van der Waals surface area contributed by atoms with E-state index in [2.05, 4.69) is 49.2 Å². The maximum atomic E-state index is 12.7. The highest BCUT2D eigenvalue weighted by atomic mass is 16.5. The van der Waals surface area contributed by atoms with Crippen molar-refractivity contribution in [3.8, 4) is 11.1 Å². The van der Waals surface area contributed by atoms with E-state index in [1.807, 2.05) is 26.2 Å². The molecule has 140 valence electrons. The third-order valence-corrected chi connectivity index (χ3v) is 5.30. The van der Waals surface area contributed by atoms with E-state index < -0.39 is 5.41 Å². The van der Waals surface area contributed by atoms with Crippen molar-refractivity contribution >= 4 is 5.78 Å². The quantitative estimate of drug-likeness (QED) is 0.592. The lowest BCUT2D eigenvalue weighted by molar-refractivity contribution is -0.123. The predicted molar refractivity (Wildman–Crippen MR) is 107 cm³/mol. The van der Waals surface area contributed by atoms with Gasteiger partial charge in [-0.25, -0.2) is 0 Å². The van der Waals surface area contributed by atoms with Crippen LogP contribution in [0.2, 0.25) is 0 Å². The maximum absolute atomic E-state index is 12.7. The molecule has 3 nitrogen and oxygen atoms in total. The number of aromatic nitrogens is 1. The molecule has 3 heteroatoms. The molecule has 1 atom stereocenters. The Labute approximate surface area is 157 Å². The second-order valence-electron chi connectivity index (χ2n) is 7.69. The van der Waals surface area contributed by atoms with Crippen molar-refractivity contribution in [3.63, 3.8) is 0 Å². The molecule has 2 aromatic rings. The highest BCUT2D eigenvalue weighted by molar-refractivity contribution is 5.89. The minimum absolute atomic E-state index is 0.314. The zero-order valence-electron chi connectivity index (χ0n) is 16.7. The molecule has 26 heavy (non-hydrogen) atoms. The molecule has 0 aliphatic carbocycles. The number of Topliss-reactive ketones (excluding diaryl/α,β-unsaturated/α-hetero) is 1. The molecule has 1 heterocycles. The van der Waals surface area contributed by atoms with Crippen LogP contribution in [0.25, 0.3) is 11.1 Å². The molecule has 1 aromatic carbocycles. The Morgan fingerprint density at radius 2 is 1.85 bits per heavy atom. The van der Waals surface area contributed by atoms with Crippen LogP contribution in [0.15, 0.2) is 42.7 Å². The third kappa shape index (κ3) is 5.01. The van der Waals surface area contributed by atoms with E-state index in [1.165, 1.54) is 0 Å². The van der Waals surface area contributed by atoms with Gasteiger partial charge in [0, 0.05) is 36.9 Å². The lowest BCUT2D eigenvalue weighted by atomic mass is 9.78. The van der Waals surface area contributed by atoms with Crippen LogP contribution >= 0.6 is 0 Å². The van der Waals surface area contributed by atoms with Gasteiger partial charge in [0.25, 0.3) is 0 Å². The Hall–Kier alpha value is -2.00. The molecule has 0 radical (unpaired) electrons. The molecule has 1 unspecified atom stereocenters. The molecule has 0 amide bonds. The van der Waals surface area contributed by atoms with Gasteiger partial charge >= 0.3 is 0 Å². The topological polar surface area (TPSA) is 39.2 Å². The third-order valence-electron chi connectivity index (χ3n) is 5.30. The van der Waals surface area contributed by atoms with E-state index >= 15 is 0 Å². The van der Waals surface area contributed by atoms with Crippen LogP contribution in [0.5, 0.6) is 0 Å². The van der Waals surface area contributed by atoms with Gasteiger partial charge in [-0.05, 0) is 48.9 Å². The molecule has 0 aliphatic rings. The molecule has 1 aromatic heterocycles. The Kier molecular flexibility index (Phi) is 7.10.